The Morgan fingerprint density at radius 2 is 1.85 bits per heavy atom. The van der Waals surface area contributed by atoms with Crippen LogP contribution in [0.4, 0.5) is 5.69 Å². The number of carboxylic acid groups (broad SMARTS) is 1. The van der Waals surface area contributed by atoms with E-state index in [1.807, 2.05) is 12.3 Å². The third-order valence-electron chi connectivity index (χ3n) is 4.65. The van der Waals surface area contributed by atoms with Crippen LogP contribution in [0.1, 0.15) is 16.8 Å². The van der Waals surface area contributed by atoms with E-state index < -0.39 is 27.0 Å². The topological polar surface area (TPSA) is 125 Å². The van der Waals surface area contributed by atoms with Crippen molar-refractivity contribution in [2.24, 2.45) is 0 Å². The second-order valence-electron chi connectivity index (χ2n) is 7.10. The first-order chi connectivity index (χ1) is 16.3. The highest BCUT2D eigenvalue weighted by Gasteiger charge is 2.23. The van der Waals surface area contributed by atoms with Gasteiger partial charge in [-0.1, -0.05) is 30.3 Å². The minimum absolute atomic E-state index is 0.240. The van der Waals surface area contributed by atoms with Crippen LogP contribution in [0.2, 0.25) is 0 Å². The summed E-state index contributed by atoms with van der Waals surface area (Å²) in [7, 11) is -3.19. The molecule has 0 radical (unpaired) electrons. The number of carbonyl (C=O) groups excluding carboxylic acids is 1. The van der Waals surface area contributed by atoms with Gasteiger partial charge in [0.25, 0.3) is 15.0 Å². The summed E-state index contributed by atoms with van der Waals surface area (Å²) in [6.07, 6.45) is 5.14. The number of pyridine rings is 1. The molecule has 1 heterocycles. The number of benzene rings is 2. The molecule has 1 atom stereocenters. The van der Waals surface area contributed by atoms with E-state index in [2.05, 4.69) is 15.0 Å². The van der Waals surface area contributed by atoms with Gasteiger partial charge in [-0.3, -0.25) is 14.5 Å². The van der Waals surface area contributed by atoms with Crippen LogP contribution in [0, 0.1) is 0 Å². The number of rotatable bonds is 11. The number of carboxylic acids is 1. The average Bonchev–Trinajstić information content (AvgIpc) is 2.82. The molecular weight excluding hydrogens is 494 g/mol. The molecule has 0 saturated carbocycles. The molecule has 0 aliphatic carbocycles. The Labute approximate surface area is 206 Å². The van der Waals surface area contributed by atoms with Gasteiger partial charge in [0.05, 0.1) is 0 Å². The van der Waals surface area contributed by atoms with Crippen molar-refractivity contribution in [1.29, 1.82) is 0 Å². The van der Waals surface area contributed by atoms with Crippen LogP contribution >= 0.6 is 22.6 Å². The van der Waals surface area contributed by atoms with Gasteiger partial charge < -0.3 is 10.4 Å². The highest BCUT2D eigenvalue weighted by molar-refractivity contribution is 8.72. The van der Waals surface area contributed by atoms with Crippen LogP contribution < -0.4 is 10.0 Å². The van der Waals surface area contributed by atoms with Gasteiger partial charge in [-0.15, -0.1) is 0 Å². The maximum Gasteiger partial charge on any atom is 0.326 e. The van der Waals surface area contributed by atoms with Crippen molar-refractivity contribution >= 4 is 49.2 Å². The zero-order valence-electron chi connectivity index (χ0n) is 18.2. The number of nitrogens with one attached hydrogen (secondary N) is 2. The third kappa shape index (κ3) is 7.24. The van der Waals surface area contributed by atoms with Gasteiger partial charge in [-0.25, -0.2) is 4.79 Å². The van der Waals surface area contributed by atoms with Gasteiger partial charge in [0, 0.05) is 39.3 Å². The normalized spacial score (nSPS) is 12.0. The number of aliphatic carboxylic acids is 1. The molecule has 1 aromatic heterocycles. The summed E-state index contributed by atoms with van der Waals surface area (Å²) in [5, 5.41) is 12.0. The minimum Gasteiger partial charge on any atom is -0.480 e. The molecule has 178 valence electrons. The van der Waals surface area contributed by atoms with Crippen LogP contribution in [0.3, 0.4) is 0 Å². The molecule has 11 heteroatoms. The molecule has 8 nitrogen and oxygen atoms in total. The Morgan fingerprint density at radius 1 is 1.09 bits per heavy atom. The van der Waals surface area contributed by atoms with Crippen molar-refractivity contribution in [2.45, 2.75) is 17.4 Å². The van der Waals surface area contributed by atoms with Crippen molar-refractivity contribution < 1.29 is 23.1 Å². The first-order valence-corrected chi connectivity index (χ1v) is 14.3. The Hall–Kier alpha value is -3.02. The fourth-order valence-corrected chi connectivity index (χ4v) is 5.97. The summed E-state index contributed by atoms with van der Waals surface area (Å²) in [6.45, 7) is 0. The number of carbonyl (C=O) groups is 2. The highest BCUT2D eigenvalue weighted by atomic mass is 33.1. The molecule has 1 amide bonds. The van der Waals surface area contributed by atoms with Crippen molar-refractivity contribution in [2.75, 3.05) is 16.7 Å². The Kier molecular flexibility index (Phi) is 8.97. The smallest absolute Gasteiger partial charge is 0.326 e. The summed E-state index contributed by atoms with van der Waals surface area (Å²) < 4.78 is 27.8. The van der Waals surface area contributed by atoms with Crippen LogP contribution in [-0.4, -0.2) is 48.4 Å². The van der Waals surface area contributed by atoms with Crippen LogP contribution in [0.15, 0.2) is 78.0 Å². The van der Waals surface area contributed by atoms with Crippen LogP contribution in [0.25, 0.3) is 11.1 Å². The number of hydrogen-bond acceptors (Lipinski definition) is 7. The van der Waals surface area contributed by atoms with E-state index in [-0.39, 0.29) is 17.7 Å². The van der Waals surface area contributed by atoms with E-state index in [1.54, 1.807) is 48.7 Å². The molecule has 0 aliphatic heterocycles. The van der Waals surface area contributed by atoms with Crippen molar-refractivity contribution in [3.8, 4) is 11.1 Å². The number of thioether (sulfide) groups is 1. The predicted octanol–water partition coefficient (Wildman–Crippen LogP) is 4.13. The van der Waals surface area contributed by atoms with Gasteiger partial charge >= 0.3 is 5.97 Å². The third-order valence-corrected chi connectivity index (χ3v) is 7.91. The van der Waals surface area contributed by atoms with Crippen molar-refractivity contribution in [3.05, 3.63) is 78.6 Å². The maximum atomic E-state index is 13.0. The SMILES string of the molecule is CSCC[C@H](NC(=O)c1ccc(NS(=O)(=O)Sc2cccnc2)cc1-c1ccccc1)C(=O)O. The van der Waals surface area contributed by atoms with Crippen molar-refractivity contribution in [3.63, 3.8) is 0 Å². The standard InChI is InChI=1S/C23H23N3O5S3/c1-32-13-11-21(23(28)29)25-22(27)19-10-9-17(14-20(19)16-6-3-2-4-7-16)26-34(30,31)33-18-8-5-12-24-15-18/h2-10,12,14-15,21,26H,11,13H2,1H3,(H,25,27)(H,28,29)/t21-/m0/s1. The molecule has 34 heavy (non-hydrogen) atoms. The Balaban J connectivity index is 1.91. The van der Waals surface area contributed by atoms with Crippen LogP contribution in [0.5, 0.6) is 0 Å². The number of hydrogen-bond donors (Lipinski definition) is 3. The van der Waals surface area contributed by atoms with Crippen LogP contribution in [-0.2, 0) is 13.8 Å². The predicted molar refractivity (Wildman–Crippen MR) is 136 cm³/mol. The van der Waals surface area contributed by atoms with Crippen molar-refractivity contribution in [1.82, 2.24) is 10.3 Å². The van der Waals surface area contributed by atoms with Gasteiger partial charge in [0.2, 0.25) is 0 Å². The second-order valence-corrected chi connectivity index (χ2v) is 11.7. The zero-order chi connectivity index (χ0) is 24.6. The molecule has 3 rings (SSSR count). The number of nitrogens with zero attached hydrogens (tertiary/aromatic N) is 1. The van der Waals surface area contributed by atoms with E-state index in [0.717, 1.165) is 0 Å². The Bertz CT molecular complexity index is 1240. The lowest BCUT2D eigenvalue weighted by Gasteiger charge is -2.17. The van der Waals surface area contributed by atoms with E-state index >= 15 is 0 Å². The zero-order valence-corrected chi connectivity index (χ0v) is 20.6. The van der Waals surface area contributed by atoms with E-state index in [0.29, 0.717) is 32.6 Å². The van der Waals surface area contributed by atoms with E-state index in [4.69, 9.17) is 0 Å². The molecule has 0 spiro atoms. The minimum atomic E-state index is -3.81. The number of anilines is 1. The Morgan fingerprint density at radius 3 is 2.50 bits per heavy atom. The lowest BCUT2D eigenvalue weighted by molar-refractivity contribution is -0.139. The molecule has 3 aromatic rings. The lowest BCUT2D eigenvalue weighted by atomic mass is 9.98. The highest BCUT2D eigenvalue weighted by Crippen LogP contribution is 2.30. The molecule has 0 unspecified atom stereocenters. The van der Waals surface area contributed by atoms with Gasteiger partial charge in [0.1, 0.15) is 6.04 Å². The molecule has 0 saturated heterocycles. The summed E-state index contributed by atoms with van der Waals surface area (Å²) in [6, 6.07) is 15.8. The fourth-order valence-electron chi connectivity index (χ4n) is 3.08. The summed E-state index contributed by atoms with van der Waals surface area (Å²) in [4.78, 5) is 29.0. The number of aromatic nitrogens is 1. The number of amides is 1. The monoisotopic (exact) mass is 517 g/mol. The first-order valence-electron chi connectivity index (χ1n) is 10.1. The molecule has 0 bridgehead atoms. The lowest BCUT2D eigenvalue weighted by Crippen LogP contribution is -2.41. The fraction of sp³-hybridized carbons (Fsp3) is 0.174. The van der Waals surface area contributed by atoms with Gasteiger partial charge in [-0.05, 0) is 59.9 Å². The molecule has 3 N–H and O–H groups in total. The first kappa shape index (κ1) is 25.6. The molecular formula is C23H23N3O5S3. The van der Waals surface area contributed by atoms with Gasteiger partial charge in [-0.2, -0.15) is 20.2 Å². The summed E-state index contributed by atoms with van der Waals surface area (Å²) >= 11 is 1.49. The maximum absolute atomic E-state index is 13.0. The van der Waals surface area contributed by atoms with E-state index in [1.165, 1.54) is 30.1 Å². The molecule has 2 aromatic carbocycles. The second kappa shape index (κ2) is 11.9. The molecule has 0 fully saturated rings. The van der Waals surface area contributed by atoms with Gasteiger partial charge in [0.15, 0.2) is 0 Å². The summed E-state index contributed by atoms with van der Waals surface area (Å²) in [5.74, 6) is -1.08. The quantitative estimate of drug-likeness (QED) is 0.324. The summed E-state index contributed by atoms with van der Waals surface area (Å²) in [5.41, 5.74) is 1.66. The average molecular weight is 518 g/mol. The largest absolute Gasteiger partial charge is 0.480 e. The molecule has 0 aliphatic rings. The van der Waals surface area contributed by atoms with E-state index in [9.17, 15) is 23.1 Å².